The number of halogens is 4. The number of benzene rings is 2. The van der Waals surface area contributed by atoms with Crippen LogP contribution in [0.2, 0.25) is 10.0 Å². The molecule has 0 aliphatic carbocycles. The van der Waals surface area contributed by atoms with Crippen molar-refractivity contribution < 1.29 is 9.47 Å². The zero-order valence-electron chi connectivity index (χ0n) is 15.6. The molecule has 2 aromatic carbocycles. The summed E-state index contributed by atoms with van der Waals surface area (Å²) in [5, 5.41) is 4.54. The van der Waals surface area contributed by atoms with E-state index in [2.05, 4.69) is 26.2 Å². The maximum absolute atomic E-state index is 6.22. The molecule has 1 heterocycles. The Balaban J connectivity index is 0.00000300. The van der Waals surface area contributed by atoms with E-state index in [0.717, 1.165) is 21.3 Å². The highest BCUT2D eigenvalue weighted by molar-refractivity contribution is 9.10. The number of hydrogen-bond acceptors (Lipinski definition) is 4. The molecule has 3 aromatic rings. The van der Waals surface area contributed by atoms with Crippen LogP contribution in [-0.2, 0) is 19.7 Å². The van der Waals surface area contributed by atoms with Crippen LogP contribution in [0.5, 0.6) is 11.5 Å². The molecule has 0 unspecified atom stereocenters. The number of nitrogens with zero attached hydrogens (tertiary/aromatic N) is 1. The monoisotopic (exact) mass is 516 g/mol. The summed E-state index contributed by atoms with van der Waals surface area (Å²) in [5.41, 5.74) is 2.91. The highest BCUT2D eigenvalue weighted by atomic mass is 79.9. The number of rotatable bonds is 8. The van der Waals surface area contributed by atoms with Gasteiger partial charge in [-0.15, -0.1) is 12.4 Å². The minimum Gasteiger partial charge on any atom is -0.493 e. The summed E-state index contributed by atoms with van der Waals surface area (Å²) in [7, 11) is 1.62. The second-order valence-corrected chi connectivity index (χ2v) is 7.76. The van der Waals surface area contributed by atoms with Gasteiger partial charge in [-0.05, 0) is 57.9 Å². The summed E-state index contributed by atoms with van der Waals surface area (Å²) in [5.74, 6) is 1.27. The van der Waals surface area contributed by atoms with Crippen molar-refractivity contribution in [3.8, 4) is 11.5 Å². The average molecular weight is 519 g/mol. The van der Waals surface area contributed by atoms with Crippen LogP contribution in [0.15, 0.2) is 59.2 Å². The molecule has 0 atom stereocenters. The summed E-state index contributed by atoms with van der Waals surface area (Å²) in [6.07, 6.45) is 1.79. The van der Waals surface area contributed by atoms with Gasteiger partial charge in [-0.3, -0.25) is 4.98 Å². The van der Waals surface area contributed by atoms with Crippen molar-refractivity contribution in [3.05, 3.63) is 86.1 Å². The van der Waals surface area contributed by atoms with Gasteiger partial charge in [0.15, 0.2) is 11.5 Å². The minimum atomic E-state index is 0. The lowest BCUT2D eigenvalue weighted by Gasteiger charge is -2.15. The molecule has 0 aliphatic rings. The summed E-state index contributed by atoms with van der Waals surface area (Å²) in [4.78, 5) is 4.31. The van der Waals surface area contributed by atoms with Crippen LogP contribution < -0.4 is 14.8 Å². The first-order valence-corrected chi connectivity index (χ1v) is 10.2. The Bertz CT molecular complexity index is 943. The number of hydrogen-bond donors (Lipinski definition) is 1. The molecule has 1 aromatic heterocycles. The first-order chi connectivity index (χ1) is 13.6. The number of pyridine rings is 1. The first-order valence-electron chi connectivity index (χ1n) is 8.60. The zero-order chi connectivity index (χ0) is 19.9. The van der Waals surface area contributed by atoms with Crippen LogP contribution >= 0.6 is 51.5 Å². The van der Waals surface area contributed by atoms with E-state index >= 15 is 0 Å². The number of nitrogens with one attached hydrogen (secondary N) is 1. The molecular formula is C21H20BrCl3N2O2. The largest absolute Gasteiger partial charge is 0.493 e. The van der Waals surface area contributed by atoms with Crippen molar-refractivity contribution in [3.63, 3.8) is 0 Å². The molecular weight excluding hydrogens is 499 g/mol. The Kier molecular flexibility index (Phi) is 9.53. The Morgan fingerprint density at radius 1 is 1.07 bits per heavy atom. The van der Waals surface area contributed by atoms with E-state index in [1.54, 1.807) is 25.4 Å². The molecule has 0 fully saturated rings. The van der Waals surface area contributed by atoms with E-state index in [1.165, 1.54) is 0 Å². The van der Waals surface area contributed by atoms with Gasteiger partial charge in [0.1, 0.15) is 6.61 Å². The predicted octanol–water partition coefficient (Wildman–Crippen LogP) is 6.45. The Hall–Kier alpha value is -1.50. The maximum atomic E-state index is 6.22. The quantitative estimate of drug-likeness (QED) is 0.372. The van der Waals surface area contributed by atoms with Crippen molar-refractivity contribution in [1.29, 1.82) is 0 Å². The van der Waals surface area contributed by atoms with Gasteiger partial charge < -0.3 is 14.8 Å². The van der Waals surface area contributed by atoms with Crippen molar-refractivity contribution in [2.24, 2.45) is 0 Å². The third-order valence-electron chi connectivity index (χ3n) is 4.04. The molecule has 0 saturated heterocycles. The maximum Gasteiger partial charge on any atom is 0.175 e. The Labute approximate surface area is 195 Å². The van der Waals surface area contributed by atoms with Crippen LogP contribution in [-0.4, -0.2) is 12.1 Å². The van der Waals surface area contributed by atoms with E-state index in [1.807, 2.05) is 36.4 Å². The van der Waals surface area contributed by atoms with Crippen molar-refractivity contribution in [2.45, 2.75) is 19.7 Å². The fourth-order valence-corrected chi connectivity index (χ4v) is 3.71. The van der Waals surface area contributed by atoms with Gasteiger partial charge in [-0.25, -0.2) is 0 Å². The van der Waals surface area contributed by atoms with E-state index < -0.39 is 0 Å². The normalized spacial score (nSPS) is 10.3. The first kappa shape index (κ1) is 23.8. The molecule has 4 nitrogen and oxygen atoms in total. The number of ether oxygens (including phenoxy) is 2. The van der Waals surface area contributed by atoms with Crippen molar-refractivity contribution >= 4 is 51.5 Å². The highest BCUT2D eigenvalue weighted by Crippen LogP contribution is 2.37. The van der Waals surface area contributed by atoms with Crippen LogP contribution in [0, 0.1) is 0 Å². The van der Waals surface area contributed by atoms with E-state index in [9.17, 15) is 0 Å². The van der Waals surface area contributed by atoms with Gasteiger partial charge in [0.25, 0.3) is 0 Å². The summed E-state index contributed by atoms with van der Waals surface area (Å²) in [6.45, 7) is 1.67. The fourth-order valence-electron chi connectivity index (χ4n) is 2.64. The molecule has 0 bridgehead atoms. The van der Waals surface area contributed by atoms with E-state index in [4.69, 9.17) is 32.7 Å². The third kappa shape index (κ3) is 6.76. The Morgan fingerprint density at radius 3 is 2.59 bits per heavy atom. The number of aromatic nitrogens is 1. The standard InChI is InChI=1S/C21H19BrCl2N2O2.ClH/c1-27-20-9-14(11-25-12-17-4-2-3-7-26-17)8-18(22)21(20)28-13-15-5-6-16(23)10-19(15)24;/h2-10,25H,11-13H2,1H3;1H. The molecule has 154 valence electrons. The molecule has 0 aliphatic heterocycles. The lowest BCUT2D eigenvalue weighted by atomic mass is 10.2. The molecule has 8 heteroatoms. The van der Waals surface area contributed by atoms with Crippen molar-refractivity contribution in [1.82, 2.24) is 10.3 Å². The SMILES string of the molecule is COc1cc(CNCc2ccccn2)cc(Br)c1OCc1ccc(Cl)cc1Cl.Cl. The summed E-state index contributed by atoms with van der Waals surface area (Å²) in [6, 6.07) is 15.2. The van der Waals surface area contributed by atoms with Gasteiger partial charge in [0, 0.05) is 34.9 Å². The Morgan fingerprint density at radius 2 is 1.90 bits per heavy atom. The van der Waals surface area contributed by atoms with Gasteiger partial charge in [0.05, 0.1) is 17.3 Å². The molecule has 0 saturated carbocycles. The molecule has 0 radical (unpaired) electrons. The van der Waals surface area contributed by atoms with Gasteiger partial charge in [-0.2, -0.15) is 0 Å². The molecule has 1 N–H and O–H groups in total. The molecule has 0 amide bonds. The lowest BCUT2D eigenvalue weighted by Crippen LogP contribution is -2.13. The average Bonchev–Trinajstić information content (AvgIpc) is 2.69. The zero-order valence-corrected chi connectivity index (χ0v) is 19.5. The van der Waals surface area contributed by atoms with Gasteiger partial charge in [-0.1, -0.05) is 35.3 Å². The van der Waals surface area contributed by atoms with Crippen LogP contribution in [0.1, 0.15) is 16.8 Å². The van der Waals surface area contributed by atoms with Crippen LogP contribution in [0.3, 0.4) is 0 Å². The summed E-state index contributed by atoms with van der Waals surface area (Å²) >= 11 is 15.7. The fraction of sp³-hybridized carbons (Fsp3) is 0.190. The highest BCUT2D eigenvalue weighted by Gasteiger charge is 2.13. The van der Waals surface area contributed by atoms with E-state index in [-0.39, 0.29) is 12.4 Å². The van der Waals surface area contributed by atoms with Gasteiger partial charge in [0.2, 0.25) is 0 Å². The topological polar surface area (TPSA) is 43.4 Å². The van der Waals surface area contributed by atoms with Crippen molar-refractivity contribution in [2.75, 3.05) is 7.11 Å². The molecule has 29 heavy (non-hydrogen) atoms. The minimum absolute atomic E-state index is 0. The smallest absolute Gasteiger partial charge is 0.175 e. The van der Waals surface area contributed by atoms with E-state index in [0.29, 0.717) is 41.2 Å². The van der Waals surface area contributed by atoms with Gasteiger partial charge >= 0.3 is 0 Å². The van der Waals surface area contributed by atoms with Crippen LogP contribution in [0.25, 0.3) is 0 Å². The molecule has 0 spiro atoms. The van der Waals surface area contributed by atoms with Crippen LogP contribution in [0.4, 0.5) is 0 Å². The predicted molar refractivity (Wildman–Crippen MR) is 124 cm³/mol. The second-order valence-electron chi connectivity index (χ2n) is 6.06. The number of methoxy groups -OCH3 is 1. The third-order valence-corrected chi connectivity index (χ3v) is 5.21. The molecule has 3 rings (SSSR count). The lowest BCUT2D eigenvalue weighted by molar-refractivity contribution is 0.282. The second kappa shape index (κ2) is 11.6. The summed E-state index contributed by atoms with van der Waals surface area (Å²) < 4.78 is 12.3.